The molecule has 0 aliphatic heterocycles. The summed E-state index contributed by atoms with van der Waals surface area (Å²) in [5.74, 6) is -0.725. The maximum absolute atomic E-state index is 13.8. The van der Waals surface area contributed by atoms with Crippen LogP contribution in [0.5, 0.6) is 5.75 Å². The number of benzene rings is 3. The van der Waals surface area contributed by atoms with Gasteiger partial charge in [-0.05, 0) is 101 Å². The highest BCUT2D eigenvalue weighted by molar-refractivity contribution is 7.94. The molecule has 0 aromatic heterocycles. The summed E-state index contributed by atoms with van der Waals surface area (Å²) in [5, 5.41) is 2.70. The third-order valence-electron chi connectivity index (χ3n) is 8.57. The van der Waals surface area contributed by atoms with Crippen LogP contribution in [0, 0.1) is 0 Å². The molecule has 0 bridgehead atoms. The molecule has 340 valence electrons. The van der Waals surface area contributed by atoms with Crippen molar-refractivity contribution in [2.24, 2.45) is 0 Å². The van der Waals surface area contributed by atoms with E-state index in [9.17, 15) is 19.2 Å². The first kappa shape index (κ1) is 51.3. The molecule has 0 radical (unpaired) electrons. The highest BCUT2D eigenvalue weighted by Crippen LogP contribution is 2.32. The van der Waals surface area contributed by atoms with Gasteiger partial charge in [-0.3, -0.25) is 8.98 Å². The standard InChI is InChI=1S/C47H64N2O12S/c1-46(2,3)60-44(52)48-23-15-25-56-27-29-58-30-28-57-26-16-24-49(45(53)59-35-36-17-11-9-12-18-36)34-39-32-40(61-62(47(4,5)6)41-19-13-10-14-20-41)22-21-37(39)31-38(43(51)55-8)33-42(50)54-7/h9-14,17-22,31-32H,15-16,23-30,33-35H2,1-8H3/p+1/b38-31-. The fourth-order valence-corrected chi connectivity index (χ4v) is 7.39. The number of rotatable bonds is 25. The van der Waals surface area contributed by atoms with Gasteiger partial charge in [0, 0.05) is 38.4 Å². The molecule has 62 heavy (non-hydrogen) atoms. The van der Waals surface area contributed by atoms with Crippen molar-refractivity contribution in [2.75, 3.05) is 67.0 Å². The SMILES string of the molecule is COC(=O)C/C(=C/c1ccc(O[S+](c2ccccc2)C(C)(C)C)cc1CN(CCCOCCOCCOCCCNC(=O)OC(C)(C)C)C(=O)OCc1ccccc1)C(=O)OC. The summed E-state index contributed by atoms with van der Waals surface area (Å²) in [7, 11) is 2.49. The predicted octanol–water partition coefficient (Wildman–Crippen LogP) is 8.07. The van der Waals surface area contributed by atoms with E-state index < -0.39 is 40.9 Å². The van der Waals surface area contributed by atoms with Gasteiger partial charge >= 0.3 is 24.1 Å². The van der Waals surface area contributed by atoms with E-state index >= 15 is 0 Å². The topological polar surface area (TPSA) is 157 Å². The Kier molecular flexibility index (Phi) is 22.4. The van der Waals surface area contributed by atoms with Gasteiger partial charge in [0.1, 0.15) is 12.2 Å². The van der Waals surface area contributed by atoms with Gasteiger partial charge in [-0.15, -0.1) is 0 Å². The Labute approximate surface area is 370 Å². The van der Waals surface area contributed by atoms with Crippen LogP contribution in [-0.2, 0) is 67.1 Å². The minimum Gasteiger partial charge on any atom is -0.469 e. The van der Waals surface area contributed by atoms with Gasteiger partial charge in [0.25, 0.3) is 0 Å². The van der Waals surface area contributed by atoms with Crippen molar-refractivity contribution >= 4 is 41.4 Å². The van der Waals surface area contributed by atoms with Crippen LogP contribution >= 0.6 is 0 Å². The number of carbonyl (C=O) groups is 4. The van der Waals surface area contributed by atoms with E-state index in [2.05, 4.69) is 26.1 Å². The van der Waals surface area contributed by atoms with Crippen LogP contribution in [0.4, 0.5) is 9.59 Å². The van der Waals surface area contributed by atoms with E-state index in [1.54, 1.807) is 17.0 Å². The molecule has 0 aliphatic rings. The van der Waals surface area contributed by atoms with Crippen LogP contribution in [0.25, 0.3) is 6.08 Å². The fourth-order valence-electron chi connectivity index (χ4n) is 5.64. The Balaban J connectivity index is 1.71. The van der Waals surface area contributed by atoms with Crippen molar-refractivity contribution < 1.29 is 56.5 Å². The number of nitrogens with zero attached hydrogens (tertiary/aromatic N) is 1. The average molecular weight is 882 g/mol. The Morgan fingerprint density at radius 1 is 0.742 bits per heavy atom. The number of hydrogen-bond acceptors (Lipinski definition) is 12. The first-order chi connectivity index (χ1) is 29.6. The summed E-state index contributed by atoms with van der Waals surface area (Å²) in [6.07, 6.45) is 1.40. The van der Waals surface area contributed by atoms with Crippen molar-refractivity contribution in [3.05, 3.63) is 101 Å². The van der Waals surface area contributed by atoms with Gasteiger partial charge in [0.2, 0.25) is 16.1 Å². The summed E-state index contributed by atoms with van der Waals surface area (Å²) in [6, 6.07) is 24.8. The van der Waals surface area contributed by atoms with Gasteiger partial charge in [-0.2, -0.15) is 0 Å². The van der Waals surface area contributed by atoms with Gasteiger partial charge in [-0.25, -0.2) is 14.4 Å². The van der Waals surface area contributed by atoms with Crippen molar-refractivity contribution in [1.29, 1.82) is 0 Å². The van der Waals surface area contributed by atoms with E-state index in [0.29, 0.717) is 75.9 Å². The maximum Gasteiger partial charge on any atom is 0.410 e. The zero-order chi connectivity index (χ0) is 45.4. The minimum absolute atomic E-state index is 0.0731. The average Bonchev–Trinajstić information content (AvgIpc) is 3.24. The zero-order valence-corrected chi connectivity index (χ0v) is 38.3. The van der Waals surface area contributed by atoms with Crippen LogP contribution in [0.2, 0.25) is 0 Å². The van der Waals surface area contributed by atoms with Crippen LogP contribution < -0.4 is 9.50 Å². The molecular formula is C47H65N2O12S+. The number of hydrogen-bond donors (Lipinski definition) is 1. The third-order valence-corrected chi connectivity index (χ3v) is 10.7. The number of methoxy groups -OCH3 is 2. The van der Waals surface area contributed by atoms with Crippen molar-refractivity contribution in [3.63, 3.8) is 0 Å². The summed E-state index contributed by atoms with van der Waals surface area (Å²) in [4.78, 5) is 53.4. The maximum atomic E-state index is 13.8. The molecule has 0 fully saturated rings. The van der Waals surface area contributed by atoms with Gasteiger partial charge in [0.15, 0.2) is 10.5 Å². The molecule has 3 aromatic rings. The molecule has 0 heterocycles. The lowest BCUT2D eigenvalue weighted by Crippen LogP contribution is -2.33. The second-order valence-corrected chi connectivity index (χ2v) is 18.4. The smallest absolute Gasteiger partial charge is 0.410 e. The van der Waals surface area contributed by atoms with Crippen LogP contribution in [0.3, 0.4) is 0 Å². The lowest BCUT2D eigenvalue weighted by Gasteiger charge is -2.24. The molecule has 1 atom stereocenters. The molecule has 14 nitrogen and oxygen atoms in total. The number of ether oxygens (including phenoxy) is 7. The van der Waals surface area contributed by atoms with E-state index in [1.165, 1.54) is 14.2 Å². The molecule has 0 saturated heterocycles. The van der Waals surface area contributed by atoms with Gasteiger partial charge in [-0.1, -0.05) is 54.6 Å². The Morgan fingerprint density at radius 3 is 1.95 bits per heavy atom. The minimum atomic E-state index is -0.683. The summed E-state index contributed by atoms with van der Waals surface area (Å²) in [6.45, 7) is 15.0. The Bertz CT molecular complexity index is 1840. The van der Waals surface area contributed by atoms with E-state index in [0.717, 1.165) is 10.5 Å². The lowest BCUT2D eigenvalue weighted by atomic mass is 10.0. The first-order valence-electron chi connectivity index (χ1n) is 20.7. The van der Waals surface area contributed by atoms with Crippen molar-refractivity contribution in [3.8, 4) is 5.75 Å². The first-order valence-corrected chi connectivity index (χ1v) is 21.9. The Hall–Kier alpha value is -5.09. The largest absolute Gasteiger partial charge is 0.469 e. The molecule has 2 amide bonds. The molecule has 0 aliphatic carbocycles. The Morgan fingerprint density at radius 2 is 1.35 bits per heavy atom. The van der Waals surface area contributed by atoms with Crippen LogP contribution in [0.1, 0.15) is 77.5 Å². The van der Waals surface area contributed by atoms with Gasteiger partial charge in [0.05, 0.1) is 47.1 Å². The molecule has 15 heteroatoms. The van der Waals surface area contributed by atoms with E-state index in [-0.39, 0.29) is 36.4 Å². The van der Waals surface area contributed by atoms with Crippen LogP contribution in [-0.4, -0.2) is 106 Å². The highest BCUT2D eigenvalue weighted by Gasteiger charge is 2.41. The normalized spacial score (nSPS) is 12.2. The monoisotopic (exact) mass is 881 g/mol. The van der Waals surface area contributed by atoms with E-state index in [4.69, 9.17) is 37.3 Å². The lowest BCUT2D eigenvalue weighted by molar-refractivity contribution is -0.143. The molecule has 0 saturated carbocycles. The summed E-state index contributed by atoms with van der Waals surface area (Å²) < 4.78 is 44.4. The quantitative estimate of drug-likeness (QED) is 0.0288. The molecule has 3 rings (SSSR count). The number of amides is 2. The number of nitrogens with one attached hydrogen (secondary N) is 1. The number of carbonyl (C=O) groups excluding carboxylic acids is 4. The second-order valence-electron chi connectivity index (χ2n) is 16.0. The number of esters is 2. The zero-order valence-electron chi connectivity index (χ0n) is 37.5. The predicted molar refractivity (Wildman–Crippen MR) is 238 cm³/mol. The van der Waals surface area contributed by atoms with Crippen molar-refractivity contribution in [1.82, 2.24) is 10.2 Å². The molecular weight excluding hydrogens is 817 g/mol. The summed E-state index contributed by atoms with van der Waals surface area (Å²) in [5.41, 5.74) is 1.60. The second kappa shape index (κ2) is 27.1. The molecule has 1 N–H and O–H groups in total. The molecule has 0 spiro atoms. The third kappa shape index (κ3) is 20.2. The summed E-state index contributed by atoms with van der Waals surface area (Å²) >= 11 is -0.669. The van der Waals surface area contributed by atoms with Gasteiger partial charge < -0.3 is 43.4 Å². The molecule has 1 unspecified atom stereocenters. The molecule has 3 aromatic carbocycles. The van der Waals surface area contributed by atoms with E-state index in [1.807, 2.05) is 93.6 Å². The van der Waals surface area contributed by atoms with Crippen molar-refractivity contribution in [2.45, 2.75) is 89.2 Å². The highest BCUT2D eigenvalue weighted by atomic mass is 32.2. The number of alkyl carbamates (subject to hydrolysis) is 1. The fraction of sp³-hybridized carbons (Fsp3) is 0.489. The van der Waals surface area contributed by atoms with Crippen LogP contribution in [0.15, 0.2) is 89.3 Å².